The van der Waals surface area contributed by atoms with Crippen LogP contribution in [0.1, 0.15) is 5.56 Å². The number of nitrogens with zero attached hydrogens (tertiary/aromatic N) is 1. The Kier molecular flexibility index (Phi) is 8.12. The van der Waals surface area contributed by atoms with Gasteiger partial charge in [-0.05, 0) is 31.8 Å². The second-order valence-corrected chi connectivity index (χ2v) is 2.98. The summed E-state index contributed by atoms with van der Waals surface area (Å²) in [6, 6.07) is 7.96. The molecule has 1 rings (SSSR count). The molecule has 0 radical (unpaired) electrons. The summed E-state index contributed by atoms with van der Waals surface area (Å²) in [7, 11) is 4.09. The lowest BCUT2D eigenvalue weighted by Crippen LogP contribution is -2.10. The molecule has 0 aliphatic carbocycles. The normalized spacial score (nSPS) is 8.85. The quantitative estimate of drug-likeness (QED) is 0.778. The van der Waals surface area contributed by atoms with Crippen molar-refractivity contribution in [1.82, 2.24) is 4.90 Å². The Morgan fingerprint density at radius 2 is 1.85 bits per heavy atom. The van der Waals surface area contributed by atoms with E-state index < -0.39 is 0 Å². The molecule has 0 spiro atoms. The minimum Gasteiger partial charge on any atom is -0.399 e. The maximum absolute atomic E-state index is 5.62. The van der Waals surface area contributed by atoms with Crippen molar-refractivity contribution < 1.29 is 0 Å². The zero-order chi connectivity index (χ0) is 8.27. The van der Waals surface area contributed by atoms with Crippen molar-refractivity contribution >= 4 is 30.5 Å². The largest absolute Gasteiger partial charge is 0.399 e. The number of benzene rings is 1. The maximum Gasteiger partial charge on any atom is 0.0317 e. The number of nitrogen functional groups attached to an aromatic ring is 1. The standard InChI is InChI=1S/C9H14N2.2ClH/c1-11(2)7-8-4-3-5-9(10)6-8;;/h3-6H,7,10H2,1-2H3;2*1H. The molecule has 0 amide bonds. The number of rotatable bonds is 2. The van der Waals surface area contributed by atoms with E-state index in [0.717, 1.165) is 12.2 Å². The van der Waals surface area contributed by atoms with Crippen LogP contribution in [-0.4, -0.2) is 19.0 Å². The van der Waals surface area contributed by atoms with E-state index in [4.69, 9.17) is 5.73 Å². The van der Waals surface area contributed by atoms with Gasteiger partial charge in [-0.3, -0.25) is 0 Å². The van der Waals surface area contributed by atoms with Gasteiger partial charge in [0.25, 0.3) is 0 Å². The van der Waals surface area contributed by atoms with E-state index in [0.29, 0.717) is 0 Å². The summed E-state index contributed by atoms with van der Waals surface area (Å²) >= 11 is 0. The first-order chi connectivity index (χ1) is 5.18. The lowest BCUT2D eigenvalue weighted by atomic mass is 10.2. The summed E-state index contributed by atoms with van der Waals surface area (Å²) in [5.74, 6) is 0. The fraction of sp³-hybridized carbons (Fsp3) is 0.333. The third kappa shape index (κ3) is 5.75. The minimum absolute atomic E-state index is 0. The number of halogens is 2. The highest BCUT2D eigenvalue weighted by Gasteiger charge is 1.93. The predicted octanol–water partition coefficient (Wildman–Crippen LogP) is 2.17. The van der Waals surface area contributed by atoms with Crippen LogP contribution in [0.4, 0.5) is 5.69 Å². The lowest BCUT2D eigenvalue weighted by molar-refractivity contribution is 0.402. The Morgan fingerprint density at radius 3 is 2.31 bits per heavy atom. The van der Waals surface area contributed by atoms with Crippen LogP contribution in [0.15, 0.2) is 24.3 Å². The van der Waals surface area contributed by atoms with Crippen molar-refractivity contribution in [3.8, 4) is 0 Å². The van der Waals surface area contributed by atoms with E-state index >= 15 is 0 Å². The van der Waals surface area contributed by atoms with E-state index in [1.807, 2.05) is 32.3 Å². The van der Waals surface area contributed by atoms with Crippen LogP contribution in [0.25, 0.3) is 0 Å². The molecule has 0 saturated carbocycles. The molecule has 0 atom stereocenters. The zero-order valence-corrected chi connectivity index (χ0v) is 9.49. The van der Waals surface area contributed by atoms with Gasteiger partial charge in [0.1, 0.15) is 0 Å². The summed E-state index contributed by atoms with van der Waals surface area (Å²) in [6.07, 6.45) is 0. The Labute approximate surface area is 91.9 Å². The molecule has 76 valence electrons. The Hall–Kier alpha value is -0.440. The molecule has 0 heterocycles. The highest BCUT2D eigenvalue weighted by atomic mass is 35.5. The van der Waals surface area contributed by atoms with Gasteiger partial charge >= 0.3 is 0 Å². The van der Waals surface area contributed by atoms with E-state index in [9.17, 15) is 0 Å². The molecule has 4 heteroatoms. The lowest BCUT2D eigenvalue weighted by Gasteiger charge is -2.09. The monoisotopic (exact) mass is 222 g/mol. The Balaban J connectivity index is 0. The van der Waals surface area contributed by atoms with Crippen molar-refractivity contribution in [2.24, 2.45) is 0 Å². The number of anilines is 1. The molecule has 0 aromatic heterocycles. The first-order valence-corrected chi connectivity index (χ1v) is 3.67. The number of hydrogen-bond donors (Lipinski definition) is 1. The number of hydrogen-bond acceptors (Lipinski definition) is 2. The summed E-state index contributed by atoms with van der Waals surface area (Å²) in [4.78, 5) is 2.12. The molecule has 0 unspecified atom stereocenters. The Morgan fingerprint density at radius 1 is 1.23 bits per heavy atom. The van der Waals surface area contributed by atoms with Crippen LogP contribution >= 0.6 is 24.8 Å². The summed E-state index contributed by atoms with van der Waals surface area (Å²) in [5, 5.41) is 0. The van der Waals surface area contributed by atoms with Gasteiger partial charge in [-0.1, -0.05) is 12.1 Å². The van der Waals surface area contributed by atoms with Crippen molar-refractivity contribution in [3.63, 3.8) is 0 Å². The van der Waals surface area contributed by atoms with E-state index in [1.54, 1.807) is 0 Å². The molecule has 1 aromatic carbocycles. The average Bonchev–Trinajstić information content (AvgIpc) is 1.85. The van der Waals surface area contributed by atoms with E-state index in [-0.39, 0.29) is 24.8 Å². The topological polar surface area (TPSA) is 29.3 Å². The van der Waals surface area contributed by atoms with Crippen LogP contribution in [0.2, 0.25) is 0 Å². The molecule has 1 aromatic rings. The first-order valence-electron chi connectivity index (χ1n) is 3.67. The van der Waals surface area contributed by atoms with Crippen LogP contribution in [0, 0.1) is 0 Å². The predicted molar refractivity (Wildman–Crippen MR) is 62.7 cm³/mol. The molecule has 13 heavy (non-hydrogen) atoms. The van der Waals surface area contributed by atoms with Gasteiger partial charge in [0.15, 0.2) is 0 Å². The Bertz CT molecular complexity index is 239. The molecular formula is C9H16Cl2N2. The number of nitrogens with two attached hydrogens (primary N) is 1. The average molecular weight is 223 g/mol. The van der Waals surface area contributed by atoms with Gasteiger partial charge in [-0.25, -0.2) is 0 Å². The molecule has 0 bridgehead atoms. The van der Waals surface area contributed by atoms with Gasteiger partial charge in [0.05, 0.1) is 0 Å². The van der Waals surface area contributed by atoms with Crippen molar-refractivity contribution in [2.75, 3.05) is 19.8 Å². The van der Waals surface area contributed by atoms with Crippen molar-refractivity contribution in [3.05, 3.63) is 29.8 Å². The van der Waals surface area contributed by atoms with Crippen molar-refractivity contribution in [2.45, 2.75) is 6.54 Å². The smallest absolute Gasteiger partial charge is 0.0317 e. The summed E-state index contributed by atoms with van der Waals surface area (Å²) in [5.41, 5.74) is 7.71. The van der Waals surface area contributed by atoms with Crippen LogP contribution in [0.5, 0.6) is 0 Å². The first kappa shape index (κ1) is 15.1. The fourth-order valence-electron chi connectivity index (χ4n) is 1.06. The molecule has 0 fully saturated rings. The SMILES string of the molecule is CN(C)Cc1cccc(N)c1.Cl.Cl. The van der Waals surface area contributed by atoms with Crippen molar-refractivity contribution in [1.29, 1.82) is 0 Å². The van der Waals surface area contributed by atoms with Crippen LogP contribution in [-0.2, 0) is 6.54 Å². The van der Waals surface area contributed by atoms with Gasteiger partial charge in [0.2, 0.25) is 0 Å². The second kappa shape index (κ2) is 7.01. The molecule has 2 N–H and O–H groups in total. The van der Waals surface area contributed by atoms with Crippen LogP contribution in [0.3, 0.4) is 0 Å². The molecule has 0 aliphatic heterocycles. The second-order valence-electron chi connectivity index (χ2n) is 2.98. The fourth-order valence-corrected chi connectivity index (χ4v) is 1.06. The molecule has 0 saturated heterocycles. The highest BCUT2D eigenvalue weighted by Crippen LogP contribution is 2.07. The maximum atomic E-state index is 5.62. The third-order valence-corrected chi connectivity index (χ3v) is 1.45. The summed E-state index contributed by atoms with van der Waals surface area (Å²) < 4.78 is 0. The van der Waals surface area contributed by atoms with E-state index in [2.05, 4.69) is 11.0 Å². The van der Waals surface area contributed by atoms with Gasteiger partial charge in [-0.2, -0.15) is 0 Å². The highest BCUT2D eigenvalue weighted by molar-refractivity contribution is 5.85. The van der Waals surface area contributed by atoms with E-state index in [1.165, 1.54) is 5.56 Å². The van der Waals surface area contributed by atoms with Gasteiger partial charge in [-0.15, -0.1) is 24.8 Å². The molecule has 0 aliphatic rings. The molecule has 2 nitrogen and oxygen atoms in total. The zero-order valence-electron chi connectivity index (χ0n) is 7.86. The van der Waals surface area contributed by atoms with Crippen LogP contribution < -0.4 is 5.73 Å². The molecular weight excluding hydrogens is 207 g/mol. The minimum atomic E-state index is 0. The third-order valence-electron chi connectivity index (χ3n) is 1.45. The van der Waals surface area contributed by atoms with Gasteiger partial charge in [0, 0.05) is 12.2 Å². The summed E-state index contributed by atoms with van der Waals surface area (Å²) in [6.45, 7) is 0.949. The van der Waals surface area contributed by atoms with Gasteiger partial charge < -0.3 is 10.6 Å².